The minimum absolute atomic E-state index is 0.145. The number of benzene rings is 1. The number of hydrogen-bond donors (Lipinski definition) is 3. The number of aliphatic imine (C=N–C) groups is 1. The predicted molar refractivity (Wildman–Crippen MR) is 97.4 cm³/mol. The smallest absolute Gasteiger partial charge is 0.234 e. The molecular weight excluding hydrogens is 331 g/mol. The van der Waals surface area contributed by atoms with Crippen LogP contribution in [0.2, 0.25) is 0 Å². The van der Waals surface area contributed by atoms with Crippen LogP contribution in [0.1, 0.15) is 25.8 Å². The van der Waals surface area contributed by atoms with Gasteiger partial charge in [0.2, 0.25) is 10.0 Å². The van der Waals surface area contributed by atoms with E-state index in [1.165, 1.54) is 18.2 Å². The van der Waals surface area contributed by atoms with Gasteiger partial charge in [-0.3, -0.25) is 9.71 Å². The monoisotopic (exact) mass is 358 g/mol. The molecule has 24 heavy (non-hydrogen) atoms. The second-order valence-corrected chi connectivity index (χ2v) is 7.84. The molecule has 0 fully saturated rings. The van der Waals surface area contributed by atoms with Gasteiger partial charge >= 0.3 is 0 Å². The van der Waals surface area contributed by atoms with Crippen molar-refractivity contribution >= 4 is 21.7 Å². The van der Waals surface area contributed by atoms with Gasteiger partial charge in [0.15, 0.2) is 5.96 Å². The second kappa shape index (κ2) is 9.46. The maximum Gasteiger partial charge on any atom is 0.234 e. The summed E-state index contributed by atoms with van der Waals surface area (Å²) in [4.78, 5) is 4.04. The van der Waals surface area contributed by atoms with Crippen LogP contribution in [0.3, 0.4) is 0 Å². The molecule has 1 aromatic rings. The highest BCUT2D eigenvalue weighted by Crippen LogP contribution is 2.14. The maximum absolute atomic E-state index is 13.5. The molecule has 0 heterocycles. The summed E-state index contributed by atoms with van der Waals surface area (Å²) in [5.74, 6) is 0.554. The number of anilines is 1. The summed E-state index contributed by atoms with van der Waals surface area (Å²) in [6.07, 6.45) is 1.000. The molecule has 0 aromatic heterocycles. The standard InChI is InChI=1S/C16H27FN4O2S/c1-12(2)7-8-19-16(18-4)20-9-10-24(22,23)21-14-6-5-13(3)15(17)11-14/h5-6,11-12,21H,7-10H2,1-4H3,(H2,18,19,20). The van der Waals surface area contributed by atoms with Gasteiger partial charge < -0.3 is 10.6 Å². The molecule has 0 aliphatic rings. The number of guanidine groups is 1. The molecule has 0 spiro atoms. The number of hydrogen-bond acceptors (Lipinski definition) is 3. The van der Waals surface area contributed by atoms with Crippen LogP contribution in [0.15, 0.2) is 23.2 Å². The van der Waals surface area contributed by atoms with Crippen LogP contribution >= 0.6 is 0 Å². The topological polar surface area (TPSA) is 82.6 Å². The largest absolute Gasteiger partial charge is 0.356 e. The zero-order valence-electron chi connectivity index (χ0n) is 14.7. The summed E-state index contributed by atoms with van der Waals surface area (Å²) in [5.41, 5.74) is 0.688. The molecule has 8 heteroatoms. The van der Waals surface area contributed by atoms with Crippen LogP contribution in [-0.2, 0) is 10.0 Å². The molecule has 0 bridgehead atoms. The Morgan fingerprint density at radius 3 is 2.50 bits per heavy atom. The van der Waals surface area contributed by atoms with E-state index in [4.69, 9.17) is 0 Å². The maximum atomic E-state index is 13.5. The van der Waals surface area contributed by atoms with Crippen molar-refractivity contribution in [3.05, 3.63) is 29.6 Å². The molecule has 1 rings (SSSR count). The van der Waals surface area contributed by atoms with E-state index in [1.807, 2.05) is 0 Å². The molecule has 0 radical (unpaired) electrons. The number of aryl methyl sites for hydroxylation is 1. The first-order valence-corrected chi connectivity index (χ1v) is 9.60. The fraction of sp³-hybridized carbons (Fsp3) is 0.562. The third kappa shape index (κ3) is 7.63. The zero-order chi connectivity index (χ0) is 18.2. The number of halogens is 1. The summed E-state index contributed by atoms with van der Waals surface area (Å²) in [5, 5.41) is 6.08. The van der Waals surface area contributed by atoms with E-state index in [2.05, 4.69) is 34.2 Å². The van der Waals surface area contributed by atoms with Crippen LogP contribution in [-0.4, -0.2) is 40.3 Å². The summed E-state index contributed by atoms with van der Waals surface area (Å²) in [6, 6.07) is 4.24. The van der Waals surface area contributed by atoms with Crippen molar-refractivity contribution in [3.63, 3.8) is 0 Å². The van der Waals surface area contributed by atoms with E-state index in [9.17, 15) is 12.8 Å². The van der Waals surface area contributed by atoms with Crippen molar-refractivity contribution in [2.24, 2.45) is 10.9 Å². The first-order chi connectivity index (χ1) is 11.2. The molecule has 0 saturated carbocycles. The molecule has 0 amide bonds. The molecule has 0 unspecified atom stereocenters. The van der Waals surface area contributed by atoms with Crippen LogP contribution in [0.5, 0.6) is 0 Å². The Bertz CT molecular complexity index is 660. The third-order valence-corrected chi connectivity index (χ3v) is 4.63. The predicted octanol–water partition coefficient (Wildman–Crippen LogP) is 2.09. The minimum atomic E-state index is -3.56. The number of nitrogens with zero attached hydrogens (tertiary/aromatic N) is 1. The molecule has 0 saturated heterocycles. The van der Waals surface area contributed by atoms with E-state index in [0.717, 1.165) is 13.0 Å². The first kappa shape index (κ1) is 20.2. The highest BCUT2D eigenvalue weighted by molar-refractivity contribution is 7.92. The summed E-state index contributed by atoms with van der Waals surface area (Å²) in [7, 11) is -1.93. The van der Waals surface area contributed by atoms with E-state index in [-0.39, 0.29) is 18.0 Å². The van der Waals surface area contributed by atoms with Gasteiger partial charge in [-0.1, -0.05) is 19.9 Å². The zero-order valence-corrected chi connectivity index (χ0v) is 15.5. The van der Waals surface area contributed by atoms with Gasteiger partial charge in [0.1, 0.15) is 5.82 Å². The van der Waals surface area contributed by atoms with Crippen LogP contribution < -0.4 is 15.4 Å². The summed E-state index contributed by atoms with van der Waals surface area (Å²) in [6.45, 7) is 6.85. The van der Waals surface area contributed by atoms with Crippen LogP contribution in [0, 0.1) is 18.7 Å². The molecule has 136 valence electrons. The van der Waals surface area contributed by atoms with Gasteiger partial charge in [0.05, 0.1) is 11.4 Å². The Labute approximate surface area is 144 Å². The molecule has 6 nitrogen and oxygen atoms in total. The van der Waals surface area contributed by atoms with E-state index in [0.29, 0.717) is 17.4 Å². The Hall–Kier alpha value is -1.83. The summed E-state index contributed by atoms with van der Waals surface area (Å²) >= 11 is 0. The van der Waals surface area contributed by atoms with Gasteiger partial charge in [-0.25, -0.2) is 12.8 Å². The van der Waals surface area contributed by atoms with Crippen molar-refractivity contribution < 1.29 is 12.8 Å². The van der Waals surface area contributed by atoms with Crippen molar-refractivity contribution in [1.29, 1.82) is 0 Å². The van der Waals surface area contributed by atoms with Crippen LogP contribution in [0.4, 0.5) is 10.1 Å². The lowest BCUT2D eigenvalue weighted by molar-refractivity contribution is 0.574. The lowest BCUT2D eigenvalue weighted by Gasteiger charge is -2.13. The lowest BCUT2D eigenvalue weighted by atomic mass is 10.1. The molecule has 0 atom stereocenters. The Balaban J connectivity index is 2.45. The van der Waals surface area contributed by atoms with Crippen molar-refractivity contribution in [2.45, 2.75) is 27.2 Å². The van der Waals surface area contributed by atoms with E-state index in [1.54, 1.807) is 14.0 Å². The molecular formula is C16H27FN4O2S. The Morgan fingerprint density at radius 1 is 1.25 bits per heavy atom. The van der Waals surface area contributed by atoms with E-state index >= 15 is 0 Å². The quantitative estimate of drug-likeness (QED) is 0.491. The Kier molecular flexibility index (Phi) is 7.97. The Morgan fingerprint density at radius 2 is 1.92 bits per heavy atom. The fourth-order valence-corrected chi connectivity index (χ4v) is 2.85. The molecule has 1 aromatic carbocycles. The average molecular weight is 358 g/mol. The average Bonchev–Trinajstić information content (AvgIpc) is 2.48. The third-order valence-electron chi connectivity index (χ3n) is 3.35. The van der Waals surface area contributed by atoms with Gasteiger partial charge in [0, 0.05) is 20.1 Å². The number of sulfonamides is 1. The molecule has 0 aliphatic heterocycles. The van der Waals surface area contributed by atoms with Gasteiger partial charge in [0.25, 0.3) is 0 Å². The SMILES string of the molecule is CN=C(NCCC(C)C)NCCS(=O)(=O)Nc1ccc(C)c(F)c1. The van der Waals surface area contributed by atoms with Crippen molar-refractivity contribution in [1.82, 2.24) is 10.6 Å². The molecule has 3 N–H and O–H groups in total. The highest BCUT2D eigenvalue weighted by atomic mass is 32.2. The number of rotatable bonds is 8. The van der Waals surface area contributed by atoms with Gasteiger partial charge in [-0.2, -0.15) is 0 Å². The normalized spacial score (nSPS) is 12.3. The van der Waals surface area contributed by atoms with E-state index < -0.39 is 15.8 Å². The summed E-state index contributed by atoms with van der Waals surface area (Å²) < 4.78 is 39.9. The van der Waals surface area contributed by atoms with Crippen molar-refractivity contribution in [3.8, 4) is 0 Å². The second-order valence-electron chi connectivity index (χ2n) is 5.99. The minimum Gasteiger partial charge on any atom is -0.356 e. The van der Waals surface area contributed by atoms with Gasteiger partial charge in [-0.05, 0) is 37.0 Å². The highest BCUT2D eigenvalue weighted by Gasteiger charge is 2.11. The van der Waals surface area contributed by atoms with Crippen molar-refractivity contribution in [2.75, 3.05) is 30.6 Å². The number of nitrogens with one attached hydrogen (secondary N) is 3. The first-order valence-electron chi connectivity index (χ1n) is 7.94. The van der Waals surface area contributed by atoms with Crippen LogP contribution in [0.25, 0.3) is 0 Å². The van der Waals surface area contributed by atoms with Gasteiger partial charge in [-0.15, -0.1) is 0 Å². The molecule has 0 aliphatic carbocycles. The fourth-order valence-electron chi connectivity index (χ4n) is 1.89. The lowest BCUT2D eigenvalue weighted by Crippen LogP contribution is -2.40.